The Morgan fingerprint density at radius 3 is 2.20 bits per heavy atom. The lowest BCUT2D eigenvalue weighted by Crippen LogP contribution is -2.60. The van der Waals surface area contributed by atoms with Crippen LogP contribution in [-0.4, -0.2) is 48.4 Å². The number of halogens is 2. The first-order chi connectivity index (χ1) is 31.4. The molecule has 0 saturated heterocycles. The number of ether oxygens (including phenoxy) is 3. The second-order valence-corrected chi connectivity index (χ2v) is 17.5. The van der Waals surface area contributed by atoms with Crippen LogP contribution in [0, 0.1) is 11.3 Å². The van der Waals surface area contributed by atoms with E-state index in [1.807, 2.05) is 97.1 Å². The summed E-state index contributed by atoms with van der Waals surface area (Å²) in [6, 6.07) is 43.2. The van der Waals surface area contributed by atoms with Gasteiger partial charge in [-0.3, -0.25) is 14.5 Å². The van der Waals surface area contributed by atoms with Gasteiger partial charge in [0.2, 0.25) is 12.0 Å². The first-order valence-electron chi connectivity index (χ1n) is 21.4. The van der Waals surface area contributed by atoms with E-state index in [1.54, 1.807) is 43.1 Å². The predicted octanol–water partition coefficient (Wildman–Crippen LogP) is 10.4. The normalized spacial score (nSPS) is 17.1. The molecule has 4 atom stereocenters. The Bertz CT molecular complexity index is 2760. The van der Waals surface area contributed by atoms with Gasteiger partial charge in [-0.05, 0) is 107 Å². The molecule has 0 bridgehead atoms. The second kappa shape index (κ2) is 19.2. The van der Waals surface area contributed by atoms with Gasteiger partial charge in [0.1, 0.15) is 23.6 Å². The Hall–Kier alpha value is -6.64. The summed E-state index contributed by atoms with van der Waals surface area (Å²) in [5, 5.41) is 13.3. The Kier molecular flexibility index (Phi) is 13.3. The highest BCUT2D eigenvalue weighted by Gasteiger charge is 2.43. The van der Waals surface area contributed by atoms with Crippen molar-refractivity contribution in [3.8, 4) is 28.7 Å². The number of nitriles is 1. The van der Waals surface area contributed by atoms with E-state index in [2.05, 4.69) is 35.3 Å². The Morgan fingerprint density at radius 2 is 1.55 bits per heavy atom. The average molecular weight is 908 g/mol. The minimum Gasteiger partial charge on any atom is -0.489 e. The predicted molar refractivity (Wildman–Crippen MR) is 252 cm³/mol. The smallest absolute Gasteiger partial charge is 0.331 e. The van der Waals surface area contributed by atoms with Crippen molar-refractivity contribution in [2.75, 3.05) is 19.1 Å². The number of hydrogen-bond donors (Lipinski definition) is 1. The number of nitrogens with zero attached hydrogens (tertiary/aromatic N) is 3. The Labute approximate surface area is 389 Å². The maximum Gasteiger partial charge on any atom is 0.331 e. The van der Waals surface area contributed by atoms with Crippen LogP contribution in [0.5, 0.6) is 11.5 Å². The van der Waals surface area contributed by atoms with E-state index in [-0.39, 0.29) is 24.3 Å². The summed E-state index contributed by atoms with van der Waals surface area (Å²) in [4.78, 5) is 46.3. The lowest BCUT2D eigenvalue weighted by molar-refractivity contribution is -0.151. The number of rotatable bonds is 13. The molecule has 6 aromatic carbocycles. The van der Waals surface area contributed by atoms with Crippen LogP contribution in [0.2, 0.25) is 10.0 Å². The monoisotopic (exact) mass is 906 g/mol. The Balaban J connectivity index is 1.05. The number of anilines is 1. The van der Waals surface area contributed by atoms with Gasteiger partial charge in [-0.15, -0.1) is 0 Å². The number of likely N-dealkylation sites (N-methyl/N-ethyl adjacent to an activating group) is 1. The molecule has 10 nitrogen and oxygen atoms in total. The van der Waals surface area contributed by atoms with Crippen LogP contribution in [0.25, 0.3) is 11.1 Å². The molecule has 8 rings (SSSR count). The quantitative estimate of drug-likeness (QED) is 0.114. The van der Waals surface area contributed by atoms with Gasteiger partial charge >= 0.3 is 5.97 Å². The highest BCUT2D eigenvalue weighted by molar-refractivity contribution is 6.42. The number of carbonyl (C=O) groups is 3. The molecule has 6 aromatic rings. The van der Waals surface area contributed by atoms with Gasteiger partial charge in [-0.25, -0.2) is 4.79 Å². The zero-order valence-electron chi connectivity index (χ0n) is 36.5. The maximum atomic E-state index is 14.9. The number of hydrogen-bond acceptors (Lipinski definition) is 8. The third kappa shape index (κ3) is 9.59. The highest BCUT2D eigenvalue weighted by atomic mass is 35.5. The van der Waals surface area contributed by atoms with E-state index in [1.165, 1.54) is 7.11 Å². The second-order valence-electron chi connectivity index (χ2n) is 16.7. The molecule has 0 aliphatic carbocycles. The summed E-state index contributed by atoms with van der Waals surface area (Å²) < 4.78 is 17.8. The van der Waals surface area contributed by atoms with E-state index in [0.29, 0.717) is 57.9 Å². The lowest BCUT2D eigenvalue weighted by atomic mass is 9.87. The molecular weight excluding hydrogens is 860 g/mol. The largest absolute Gasteiger partial charge is 0.489 e. The average Bonchev–Trinajstić information content (AvgIpc) is 3.33. The van der Waals surface area contributed by atoms with Crippen LogP contribution < -0.4 is 19.7 Å². The number of carbonyl (C=O) groups excluding carboxylic acids is 3. The molecule has 0 radical (unpaired) electrons. The van der Waals surface area contributed by atoms with Crippen LogP contribution in [-0.2, 0) is 45.1 Å². The van der Waals surface area contributed by atoms with Crippen LogP contribution in [0.1, 0.15) is 71.4 Å². The van der Waals surface area contributed by atoms with Crippen LogP contribution in [0.3, 0.4) is 0 Å². The first-order valence-corrected chi connectivity index (χ1v) is 22.2. The fourth-order valence-corrected chi connectivity index (χ4v) is 9.13. The van der Waals surface area contributed by atoms with Crippen molar-refractivity contribution in [2.45, 2.75) is 70.0 Å². The fourth-order valence-electron chi connectivity index (χ4n) is 8.81. The van der Waals surface area contributed by atoms with Gasteiger partial charge in [0, 0.05) is 31.6 Å². The maximum absolute atomic E-state index is 14.9. The van der Waals surface area contributed by atoms with Crippen molar-refractivity contribution < 1.29 is 28.6 Å². The Morgan fingerprint density at radius 1 is 0.877 bits per heavy atom. The minimum absolute atomic E-state index is 0.134. The number of nitrogens with one attached hydrogen (secondary N) is 1. The number of amides is 2. The fraction of sp³-hybridized carbons (Fsp3) is 0.245. The number of fused-ring (bicyclic) bond motifs is 2. The van der Waals surface area contributed by atoms with E-state index in [0.717, 1.165) is 45.4 Å². The topological polar surface area (TPSA) is 121 Å². The van der Waals surface area contributed by atoms with Gasteiger partial charge in [0.05, 0.1) is 40.5 Å². The summed E-state index contributed by atoms with van der Waals surface area (Å²) in [5.41, 5.74) is 7.04. The molecule has 330 valence electrons. The van der Waals surface area contributed by atoms with E-state index >= 15 is 0 Å². The van der Waals surface area contributed by atoms with Crippen molar-refractivity contribution in [3.63, 3.8) is 0 Å². The van der Waals surface area contributed by atoms with E-state index in [4.69, 9.17) is 37.4 Å². The van der Waals surface area contributed by atoms with Crippen LogP contribution >= 0.6 is 23.2 Å². The van der Waals surface area contributed by atoms with Crippen molar-refractivity contribution in [1.82, 2.24) is 10.2 Å². The molecule has 2 aliphatic rings. The van der Waals surface area contributed by atoms with Gasteiger partial charge in [-0.1, -0.05) is 115 Å². The summed E-state index contributed by atoms with van der Waals surface area (Å²) in [5.74, 6) is 0.0776. The lowest BCUT2D eigenvalue weighted by Gasteiger charge is -2.43. The molecular formula is C53H48Cl2N4O6. The molecule has 0 spiro atoms. The van der Waals surface area contributed by atoms with E-state index in [9.17, 15) is 19.6 Å². The van der Waals surface area contributed by atoms with Crippen molar-refractivity contribution in [2.24, 2.45) is 0 Å². The van der Waals surface area contributed by atoms with Gasteiger partial charge in [-0.2, -0.15) is 5.26 Å². The van der Waals surface area contributed by atoms with Crippen LogP contribution in [0.4, 0.5) is 5.69 Å². The zero-order chi connectivity index (χ0) is 45.8. The molecule has 2 aliphatic heterocycles. The molecule has 12 heteroatoms. The third-order valence-electron chi connectivity index (χ3n) is 12.3. The molecule has 0 fully saturated rings. The van der Waals surface area contributed by atoms with Crippen molar-refractivity contribution >= 4 is 46.7 Å². The van der Waals surface area contributed by atoms with E-state index < -0.39 is 23.7 Å². The molecule has 0 aromatic heterocycles. The summed E-state index contributed by atoms with van der Waals surface area (Å²) in [6.45, 7) is 4.51. The van der Waals surface area contributed by atoms with Crippen molar-refractivity contribution in [3.05, 3.63) is 182 Å². The van der Waals surface area contributed by atoms with Crippen molar-refractivity contribution in [1.29, 1.82) is 5.26 Å². The molecule has 0 saturated carbocycles. The summed E-state index contributed by atoms with van der Waals surface area (Å²) >= 11 is 12.2. The summed E-state index contributed by atoms with van der Waals surface area (Å²) in [6.07, 6.45) is 0.343. The van der Waals surface area contributed by atoms with Gasteiger partial charge in [0.15, 0.2) is 0 Å². The molecule has 1 N–H and O–H groups in total. The molecule has 2 amide bonds. The number of esters is 1. The standard InChI is InChI=1S/C53H48Cl2N4O6/c1-5-45(38-9-7-6-8-10-38)59-31-41-28-48-46(58(3)51(61)49(65-48)39-20-22-42(23-21-39)64-32-35-15-24-43(54)44(55)25-35)26-40(41)27-47(59)50(60)57-53(2,52(62)63-4)29-33-11-16-36(17-12-33)37-18-13-34(30-56)14-19-37/h6-26,28,45,47,49H,5,27,29,31-32H2,1-4H3,(H,57,60)/t45-,47?,49?,53-/m0/s1. The summed E-state index contributed by atoms with van der Waals surface area (Å²) in [7, 11) is 3.06. The zero-order valence-corrected chi connectivity index (χ0v) is 38.0. The molecule has 65 heavy (non-hydrogen) atoms. The minimum atomic E-state index is -1.40. The van der Waals surface area contributed by atoms with Gasteiger partial charge in [0.25, 0.3) is 5.91 Å². The van der Waals surface area contributed by atoms with Crippen LogP contribution in [0.15, 0.2) is 133 Å². The molecule has 2 unspecified atom stereocenters. The number of benzene rings is 6. The first kappa shape index (κ1) is 44.9. The highest BCUT2D eigenvalue weighted by Crippen LogP contribution is 2.44. The van der Waals surface area contributed by atoms with Gasteiger partial charge < -0.3 is 24.4 Å². The SMILES string of the molecule is CC[C@@H](c1ccccc1)N1Cc2cc3c(cc2CC1C(=O)N[C@@](C)(Cc1ccc(-c2ccc(C#N)cc2)cc1)C(=O)OC)N(C)C(=O)C(c1ccc(OCc2ccc(Cl)c(Cl)c2)cc1)O3. The third-order valence-corrected chi connectivity index (χ3v) is 13.1. The number of methoxy groups -OCH3 is 1. The molecule has 2 heterocycles.